The lowest BCUT2D eigenvalue weighted by Crippen LogP contribution is -2.28. The Bertz CT molecular complexity index is 770. The summed E-state index contributed by atoms with van der Waals surface area (Å²) in [6.07, 6.45) is 0.833. The van der Waals surface area contributed by atoms with E-state index in [4.69, 9.17) is 0 Å². The van der Waals surface area contributed by atoms with Crippen LogP contribution in [0.5, 0.6) is 0 Å². The molecule has 0 aliphatic carbocycles. The van der Waals surface area contributed by atoms with Gasteiger partial charge >= 0.3 is 0 Å². The molecule has 0 spiro atoms. The van der Waals surface area contributed by atoms with Crippen LogP contribution in [-0.2, 0) is 10.0 Å². The van der Waals surface area contributed by atoms with E-state index in [0.717, 1.165) is 12.0 Å². The summed E-state index contributed by atoms with van der Waals surface area (Å²) >= 11 is 0. The molecule has 0 aliphatic rings. The molecular formula is C18H21NO3S. The van der Waals surface area contributed by atoms with Gasteiger partial charge in [-0.05, 0) is 37.0 Å². The van der Waals surface area contributed by atoms with Crippen molar-refractivity contribution < 1.29 is 13.2 Å². The molecule has 4 nitrogen and oxygen atoms in total. The van der Waals surface area contributed by atoms with Crippen LogP contribution in [0.4, 0.5) is 0 Å². The van der Waals surface area contributed by atoms with Crippen LogP contribution in [0.25, 0.3) is 0 Å². The second kappa shape index (κ2) is 7.53. The molecule has 0 radical (unpaired) electrons. The van der Waals surface area contributed by atoms with Crippen LogP contribution in [0, 0.1) is 0 Å². The minimum atomic E-state index is -3.63. The van der Waals surface area contributed by atoms with Gasteiger partial charge in [-0.15, -0.1) is 0 Å². The van der Waals surface area contributed by atoms with Crippen LogP contribution in [0.2, 0.25) is 0 Å². The van der Waals surface area contributed by atoms with Crippen molar-refractivity contribution in [2.45, 2.75) is 31.1 Å². The van der Waals surface area contributed by atoms with E-state index in [0.29, 0.717) is 12.1 Å². The predicted molar refractivity (Wildman–Crippen MR) is 91.1 cm³/mol. The zero-order valence-corrected chi connectivity index (χ0v) is 14.1. The number of hydrogen-bond donors (Lipinski definition) is 1. The minimum absolute atomic E-state index is 0.113. The van der Waals surface area contributed by atoms with Crippen molar-refractivity contribution in [3.63, 3.8) is 0 Å². The van der Waals surface area contributed by atoms with Gasteiger partial charge in [0.25, 0.3) is 0 Å². The number of hydrogen-bond acceptors (Lipinski definition) is 3. The van der Waals surface area contributed by atoms with E-state index in [1.54, 1.807) is 12.1 Å². The van der Waals surface area contributed by atoms with Crippen LogP contribution < -0.4 is 4.72 Å². The molecule has 0 heterocycles. The molecule has 2 rings (SSSR count). The maximum atomic E-state index is 12.4. The average Bonchev–Trinajstić information content (AvgIpc) is 2.56. The first kappa shape index (κ1) is 17.4. The first-order chi connectivity index (χ1) is 10.9. The van der Waals surface area contributed by atoms with Gasteiger partial charge in [-0.3, -0.25) is 4.79 Å². The Kier molecular flexibility index (Phi) is 5.69. The van der Waals surface area contributed by atoms with Crippen molar-refractivity contribution in [2.75, 3.05) is 6.54 Å². The lowest BCUT2D eigenvalue weighted by molar-refractivity contribution is 0.101. The van der Waals surface area contributed by atoms with E-state index in [1.807, 2.05) is 37.3 Å². The molecule has 0 aliphatic heterocycles. The van der Waals surface area contributed by atoms with Crippen LogP contribution >= 0.6 is 0 Å². The molecule has 5 heteroatoms. The molecule has 0 bridgehead atoms. The molecule has 122 valence electrons. The van der Waals surface area contributed by atoms with Crippen molar-refractivity contribution in [3.8, 4) is 0 Å². The third kappa shape index (κ3) is 4.50. The SMILES string of the molecule is CCC(CNS(=O)(=O)c1cccc(C(C)=O)c1)c1ccccc1. The Labute approximate surface area is 137 Å². The molecule has 0 amide bonds. The Hall–Kier alpha value is -1.98. The first-order valence-corrected chi connectivity index (χ1v) is 9.08. The number of nitrogens with one attached hydrogen (secondary N) is 1. The normalized spacial score (nSPS) is 12.8. The maximum Gasteiger partial charge on any atom is 0.240 e. The molecule has 0 saturated carbocycles. The van der Waals surface area contributed by atoms with Gasteiger partial charge in [0.1, 0.15) is 0 Å². The van der Waals surface area contributed by atoms with E-state index in [1.165, 1.54) is 19.1 Å². The molecule has 0 saturated heterocycles. The fourth-order valence-corrected chi connectivity index (χ4v) is 3.53. The van der Waals surface area contributed by atoms with Crippen molar-refractivity contribution in [1.29, 1.82) is 0 Å². The molecule has 2 aromatic rings. The molecule has 0 fully saturated rings. The van der Waals surface area contributed by atoms with Crippen LogP contribution in [0.3, 0.4) is 0 Å². The summed E-state index contributed by atoms with van der Waals surface area (Å²) in [5, 5.41) is 0. The summed E-state index contributed by atoms with van der Waals surface area (Å²) in [5.41, 5.74) is 1.50. The second-order valence-electron chi connectivity index (χ2n) is 5.45. The molecule has 2 aromatic carbocycles. The summed E-state index contributed by atoms with van der Waals surface area (Å²) < 4.78 is 27.5. The van der Waals surface area contributed by atoms with Crippen LogP contribution in [-0.4, -0.2) is 20.7 Å². The topological polar surface area (TPSA) is 63.2 Å². The molecule has 1 atom stereocenters. The first-order valence-electron chi connectivity index (χ1n) is 7.59. The fourth-order valence-electron chi connectivity index (χ4n) is 2.40. The van der Waals surface area contributed by atoms with E-state index in [2.05, 4.69) is 4.72 Å². The van der Waals surface area contributed by atoms with Gasteiger partial charge in [-0.25, -0.2) is 13.1 Å². The molecular weight excluding hydrogens is 310 g/mol. The van der Waals surface area contributed by atoms with Crippen molar-refractivity contribution >= 4 is 15.8 Å². The smallest absolute Gasteiger partial charge is 0.240 e. The monoisotopic (exact) mass is 331 g/mol. The number of Topliss-reactive ketones (excluding diaryl/α,β-unsaturated/α-hetero) is 1. The van der Waals surface area contributed by atoms with E-state index in [-0.39, 0.29) is 16.6 Å². The lowest BCUT2D eigenvalue weighted by atomic mass is 9.97. The highest BCUT2D eigenvalue weighted by Gasteiger charge is 2.18. The van der Waals surface area contributed by atoms with Crippen LogP contribution in [0.15, 0.2) is 59.5 Å². The zero-order valence-electron chi connectivity index (χ0n) is 13.3. The summed E-state index contributed by atoms with van der Waals surface area (Å²) in [6, 6.07) is 15.9. The largest absolute Gasteiger partial charge is 0.295 e. The Morgan fingerprint density at radius 1 is 1.09 bits per heavy atom. The summed E-state index contributed by atoms with van der Waals surface area (Å²) in [7, 11) is -3.63. The summed E-state index contributed by atoms with van der Waals surface area (Å²) in [6.45, 7) is 3.77. The molecule has 1 unspecified atom stereocenters. The van der Waals surface area contributed by atoms with Crippen molar-refractivity contribution in [2.24, 2.45) is 0 Å². The van der Waals surface area contributed by atoms with Gasteiger partial charge < -0.3 is 0 Å². The second-order valence-corrected chi connectivity index (χ2v) is 7.22. The van der Waals surface area contributed by atoms with Gasteiger partial charge in [0.05, 0.1) is 4.90 Å². The van der Waals surface area contributed by atoms with Gasteiger partial charge in [0, 0.05) is 12.1 Å². The predicted octanol–water partition coefficient (Wildman–Crippen LogP) is 3.36. The van der Waals surface area contributed by atoms with Crippen molar-refractivity contribution in [1.82, 2.24) is 4.72 Å². The van der Waals surface area contributed by atoms with Crippen LogP contribution in [0.1, 0.15) is 42.1 Å². The standard InChI is InChI=1S/C18H21NO3S/c1-3-15(16-8-5-4-6-9-16)13-19-23(21,22)18-11-7-10-17(12-18)14(2)20/h4-12,15,19H,3,13H2,1-2H3. The number of ketones is 1. The van der Waals surface area contributed by atoms with Gasteiger partial charge in [0.2, 0.25) is 10.0 Å². The summed E-state index contributed by atoms with van der Waals surface area (Å²) in [5.74, 6) is -0.0419. The van der Waals surface area contributed by atoms with Gasteiger partial charge in [0.15, 0.2) is 5.78 Å². The number of carbonyl (C=O) groups excluding carboxylic acids is 1. The van der Waals surface area contributed by atoms with E-state index in [9.17, 15) is 13.2 Å². The quantitative estimate of drug-likeness (QED) is 0.791. The Morgan fingerprint density at radius 2 is 1.78 bits per heavy atom. The van der Waals surface area contributed by atoms with E-state index < -0.39 is 10.0 Å². The highest BCUT2D eigenvalue weighted by molar-refractivity contribution is 7.89. The highest BCUT2D eigenvalue weighted by Crippen LogP contribution is 2.19. The van der Waals surface area contributed by atoms with E-state index >= 15 is 0 Å². The minimum Gasteiger partial charge on any atom is -0.295 e. The third-order valence-corrected chi connectivity index (χ3v) is 5.26. The molecule has 1 N–H and O–H groups in total. The molecule has 0 aromatic heterocycles. The van der Waals surface area contributed by atoms with Crippen molar-refractivity contribution in [3.05, 3.63) is 65.7 Å². The maximum absolute atomic E-state index is 12.4. The lowest BCUT2D eigenvalue weighted by Gasteiger charge is -2.16. The Morgan fingerprint density at radius 3 is 2.39 bits per heavy atom. The Balaban J connectivity index is 2.15. The highest BCUT2D eigenvalue weighted by atomic mass is 32.2. The number of sulfonamides is 1. The average molecular weight is 331 g/mol. The number of rotatable bonds is 7. The number of carbonyl (C=O) groups is 1. The number of benzene rings is 2. The third-order valence-electron chi connectivity index (χ3n) is 3.83. The summed E-state index contributed by atoms with van der Waals surface area (Å²) in [4.78, 5) is 11.5. The van der Waals surface area contributed by atoms with Gasteiger partial charge in [-0.1, -0.05) is 49.4 Å². The zero-order chi connectivity index (χ0) is 16.9. The fraction of sp³-hybridized carbons (Fsp3) is 0.278. The van der Waals surface area contributed by atoms with Gasteiger partial charge in [-0.2, -0.15) is 0 Å². The molecule has 23 heavy (non-hydrogen) atoms.